The van der Waals surface area contributed by atoms with Crippen molar-refractivity contribution in [2.24, 2.45) is 11.5 Å². The van der Waals surface area contributed by atoms with Crippen LogP contribution < -0.4 is 11.5 Å². The van der Waals surface area contributed by atoms with Gasteiger partial charge in [-0.1, -0.05) is 0 Å². The van der Waals surface area contributed by atoms with Crippen molar-refractivity contribution in [2.45, 2.75) is 51.7 Å². The minimum absolute atomic E-state index is 0.0123. The second-order valence-corrected chi connectivity index (χ2v) is 8.13. The molecule has 0 amide bonds. The van der Waals surface area contributed by atoms with Crippen LogP contribution in [0.25, 0.3) is 0 Å². The van der Waals surface area contributed by atoms with E-state index in [0.29, 0.717) is 12.8 Å². The highest BCUT2D eigenvalue weighted by Gasteiger charge is 2.28. The van der Waals surface area contributed by atoms with Gasteiger partial charge in [0.2, 0.25) is 0 Å². The lowest BCUT2D eigenvalue weighted by Gasteiger charge is -2.21. The SMILES string of the molecule is CC(=O)OC[C@H](COP(=O)(O)OCC(COC(=O)CCCN)OC(=O)CCCN)OC(C)=O. The molecule has 0 aromatic carbocycles. The summed E-state index contributed by atoms with van der Waals surface area (Å²) in [6.07, 6.45) is -1.58. The lowest BCUT2D eigenvalue weighted by molar-refractivity contribution is -0.161. The Balaban J connectivity index is 4.87. The number of phosphoric acid groups is 1. The van der Waals surface area contributed by atoms with Crippen molar-refractivity contribution in [3.8, 4) is 0 Å². The Morgan fingerprint density at radius 2 is 1.24 bits per heavy atom. The van der Waals surface area contributed by atoms with Crippen molar-refractivity contribution in [1.29, 1.82) is 0 Å². The maximum atomic E-state index is 12.2. The Morgan fingerprint density at radius 1 is 0.758 bits per heavy atom. The molecule has 0 saturated heterocycles. The second kappa shape index (κ2) is 17.4. The Hall–Kier alpha value is -2.09. The largest absolute Gasteiger partial charge is 0.472 e. The molecule has 0 aromatic rings. The van der Waals surface area contributed by atoms with Gasteiger partial charge in [0.1, 0.15) is 13.2 Å². The third-order valence-electron chi connectivity index (χ3n) is 3.55. The quantitative estimate of drug-likeness (QED) is 0.123. The number of nitrogens with two attached hydrogens (primary N) is 2. The molecule has 14 nitrogen and oxygen atoms in total. The fourth-order valence-electron chi connectivity index (χ4n) is 2.06. The molecule has 0 aliphatic rings. The van der Waals surface area contributed by atoms with Crippen LogP contribution >= 0.6 is 7.82 Å². The van der Waals surface area contributed by atoms with Gasteiger partial charge in [-0.2, -0.15) is 0 Å². The molecule has 3 atom stereocenters. The molecule has 0 radical (unpaired) electrons. The van der Waals surface area contributed by atoms with Gasteiger partial charge in [0.25, 0.3) is 0 Å². The van der Waals surface area contributed by atoms with Gasteiger partial charge in [0.15, 0.2) is 12.2 Å². The maximum Gasteiger partial charge on any atom is 0.472 e. The van der Waals surface area contributed by atoms with Crippen molar-refractivity contribution >= 4 is 31.7 Å². The Labute approximate surface area is 191 Å². The molecule has 15 heteroatoms. The molecule has 5 N–H and O–H groups in total. The molecular weight excluding hydrogens is 467 g/mol. The van der Waals surface area contributed by atoms with Gasteiger partial charge in [0.05, 0.1) is 13.2 Å². The van der Waals surface area contributed by atoms with E-state index >= 15 is 0 Å². The molecule has 192 valence electrons. The van der Waals surface area contributed by atoms with E-state index in [-0.39, 0.29) is 25.9 Å². The van der Waals surface area contributed by atoms with E-state index in [1.165, 1.54) is 0 Å². The van der Waals surface area contributed by atoms with Gasteiger partial charge in [-0.15, -0.1) is 0 Å². The first kappa shape index (κ1) is 30.9. The van der Waals surface area contributed by atoms with Gasteiger partial charge in [-0.3, -0.25) is 28.2 Å². The fourth-order valence-corrected chi connectivity index (χ4v) is 2.85. The fraction of sp³-hybridized carbons (Fsp3) is 0.778. The van der Waals surface area contributed by atoms with Crippen LogP contribution in [-0.4, -0.2) is 80.5 Å². The number of carbonyl (C=O) groups is 4. The molecule has 2 unspecified atom stereocenters. The van der Waals surface area contributed by atoms with Crippen molar-refractivity contribution in [3.05, 3.63) is 0 Å². The summed E-state index contributed by atoms with van der Waals surface area (Å²) in [4.78, 5) is 55.4. The van der Waals surface area contributed by atoms with Crippen LogP contribution in [0.4, 0.5) is 0 Å². The smallest absolute Gasteiger partial charge is 0.462 e. The first-order valence-electron chi connectivity index (χ1n) is 10.2. The summed E-state index contributed by atoms with van der Waals surface area (Å²) in [5.41, 5.74) is 10.7. The van der Waals surface area contributed by atoms with E-state index in [4.69, 9.17) is 39.5 Å². The molecule has 0 aromatic heterocycles. The third kappa shape index (κ3) is 18.1. The van der Waals surface area contributed by atoms with E-state index in [1.54, 1.807) is 0 Å². The minimum Gasteiger partial charge on any atom is -0.462 e. The number of carbonyl (C=O) groups excluding carboxylic acids is 4. The number of ether oxygens (including phenoxy) is 4. The Morgan fingerprint density at radius 3 is 1.73 bits per heavy atom. The number of phosphoric ester groups is 1. The van der Waals surface area contributed by atoms with E-state index in [9.17, 15) is 28.6 Å². The summed E-state index contributed by atoms with van der Waals surface area (Å²) in [5, 5.41) is 0. The molecular formula is C18H33N2O12P. The van der Waals surface area contributed by atoms with Crippen LogP contribution in [0.15, 0.2) is 0 Å². The van der Waals surface area contributed by atoms with Crippen molar-refractivity contribution in [2.75, 3.05) is 39.5 Å². The molecule has 0 aliphatic carbocycles. The highest BCUT2D eigenvalue weighted by molar-refractivity contribution is 7.47. The first-order chi connectivity index (χ1) is 15.5. The normalized spacial score (nSPS) is 14.5. The zero-order valence-electron chi connectivity index (χ0n) is 18.8. The summed E-state index contributed by atoms with van der Waals surface area (Å²) in [7, 11) is -4.72. The van der Waals surface area contributed by atoms with Crippen LogP contribution in [0.3, 0.4) is 0 Å². The van der Waals surface area contributed by atoms with E-state index < -0.39 is 70.3 Å². The molecule has 0 heterocycles. The van der Waals surface area contributed by atoms with Gasteiger partial charge in [-0.25, -0.2) is 4.57 Å². The van der Waals surface area contributed by atoms with Crippen molar-refractivity contribution in [3.63, 3.8) is 0 Å². The predicted molar refractivity (Wildman–Crippen MR) is 111 cm³/mol. The zero-order chi connectivity index (χ0) is 25.3. The van der Waals surface area contributed by atoms with Gasteiger partial charge in [0, 0.05) is 26.7 Å². The maximum absolute atomic E-state index is 12.2. The van der Waals surface area contributed by atoms with Crippen molar-refractivity contribution in [1.82, 2.24) is 0 Å². The zero-order valence-corrected chi connectivity index (χ0v) is 19.7. The molecule has 0 fully saturated rings. The minimum atomic E-state index is -4.72. The summed E-state index contributed by atoms with van der Waals surface area (Å²) in [6.45, 7) is 0.644. The summed E-state index contributed by atoms with van der Waals surface area (Å²) < 4.78 is 41.4. The van der Waals surface area contributed by atoms with Crippen LogP contribution in [0, 0.1) is 0 Å². The molecule has 0 bridgehead atoms. The average molecular weight is 500 g/mol. The lowest BCUT2D eigenvalue weighted by atomic mass is 10.3. The highest BCUT2D eigenvalue weighted by Crippen LogP contribution is 2.43. The molecule has 0 aliphatic heterocycles. The Kier molecular flexibility index (Phi) is 16.3. The van der Waals surface area contributed by atoms with Crippen LogP contribution in [-0.2, 0) is 51.7 Å². The third-order valence-corrected chi connectivity index (χ3v) is 4.50. The topological polar surface area (TPSA) is 213 Å². The van der Waals surface area contributed by atoms with Gasteiger partial charge >= 0.3 is 31.7 Å². The summed E-state index contributed by atoms with van der Waals surface area (Å²) in [5.74, 6) is -2.65. The van der Waals surface area contributed by atoms with E-state index in [2.05, 4.69) is 0 Å². The highest BCUT2D eigenvalue weighted by atomic mass is 31.2. The van der Waals surface area contributed by atoms with Crippen LogP contribution in [0.2, 0.25) is 0 Å². The number of rotatable bonds is 18. The Bertz CT molecular complexity index is 675. The molecule has 0 spiro atoms. The predicted octanol–water partition coefficient (Wildman–Crippen LogP) is -0.452. The van der Waals surface area contributed by atoms with E-state index in [1.807, 2.05) is 0 Å². The first-order valence-corrected chi connectivity index (χ1v) is 11.7. The van der Waals surface area contributed by atoms with Gasteiger partial charge < -0.3 is 35.3 Å². The lowest BCUT2D eigenvalue weighted by Crippen LogP contribution is -2.30. The van der Waals surface area contributed by atoms with E-state index in [0.717, 1.165) is 13.8 Å². The second-order valence-electron chi connectivity index (χ2n) is 6.67. The monoisotopic (exact) mass is 500 g/mol. The molecule has 0 saturated carbocycles. The number of hydrogen-bond donors (Lipinski definition) is 3. The summed E-state index contributed by atoms with van der Waals surface area (Å²) in [6, 6.07) is 0. The average Bonchev–Trinajstić information content (AvgIpc) is 2.74. The van der Waals surface area contributed by atoms with Crippen LogP contribution in [0.5, 0.6) is 0 Å². The molecule has 33 heavy (non-hydrogen) atoms. The molecule has 0 rings (SSSR count). The number of esters is 4. The van der Waals surface area contributed by atoms with Crippen LogP contribution in [0.1, 0.15) is 39.5 Å². The van der Waals surface area contributed by atoms with Crippen molar-refractivity contribution < 1.29 is 56.6 Å². The standard InChI is InChI=1S/C18H33N2O12P/c1-13(21)27-9-15(31-14(2)22)11-29-33(25,26)30-12-16(32-18(24)6-4-8-20)10-28-17(23)5-3-7-19/h15-16H,3-12,19-20H2,1-2H3,(H,25,26)/t15-,16?/m1/s1. The number of hydrogen-bond acceptors (Lipinski definition) is 13. The van der Waals surface area contributed by atoms with Gasteiger partial charge in [-0.05, 0) is 25.9 Å². The summed E-state index contributed by atoms with van der Waals surface area (Å²) >= 11 is 0.